The molecule has 2 heterocycles. The number of aromatic nitrogens is 1. The number of hydrogen-bond acceptors (Lipinski definition) is 7. The molecule has 1 aromatic heterocycles. The van der Waals surface area contributed by atoms with Crippen molar-refractivity contribution in [1.82, 2.24) is 14.8 Å². The predicted octanol–water partition coefficient (Wildman–Crippen LogP) is 5.62. The van der Waals surface area contributed by atoms with E-state index in [1.54, 1.807) is 6.92 Å². The summed E-state index contributed by atoms with van der Waals surface area (Å²) in [7, 11) is 0. The predicted molar refractivity (Wildman–Crippen MR) is 156 cm³/mol. The van der Waals surface area contributed by atoms with Crippen molar-refractivity contribution in [2.75, 3.05) is 26.2 Å². The summed E-state index contributed by atoms with van der Waals surface area (Å²) in [6, 6.07) is 7.51. The lowest BCUT2D eigenvalue weighted by molar-refractivity contribution is -0.142. The molecule has 0 saturated heterocycles. The molecule has 9 heteroatoms. The Balaban J connectivity index is 1.84. The summed E-state index contributed by atoms with van der Waals surface area (Å²) in [6.45, 7) is 17.3. The molecule has 0 bridgehead atoms. The minimum atomic E-state index is -0.690. The van der Waals surface area contributed by atoms with Crippen LogP contribution in [0.5, 0.6) is 0 Å². The van der Waals surface area contributed by atoms with Gasteiger partial charge in [0.15, 0.2) is 0 Å². The number of ether oxygens (including phenoxy) is 3. The Morgan fingerprint density at radius 3 is 2.35 bits per heavy atom. The van der Waals surface area contributed by atoms with Crippen LogP contribution in [0, 0.1) is 0 Å². The van der Waals surface area contributed by atoms with Crippen molar-refractivity contribution in [1.29, 1.82) is 0 Å². The molecule has 0 spiro atoms. The first-order valence-electron chi connectivity index (χ1n) is 14.1. The van der Waals surface area contributed by atoms with E-state index >= 15 is 0 Å². The fraction of sp³-hybridized carbons (Fsp3) is 0.581. The Kier molecular flexibility index (Phi) is 10.1. The molecule has 1 aromatic carbocycles. The van der Waals surface area contributed by atoms with E-state index in [4.69, 9.17) is 14.2 Å². The maximum Gasteiger partial charge on any atom is 0.419 e. The van der Waals surface area contributed by atoms with Crippen LogP contribution in [0.2, 0.25) is 0 Å². The number of carbonyl (C=O) groups excluding carboxylic acids is 3. The first kappa shape index (κ1) is 31.2. The Morgan fingerprint density at radius 1 is 1.02 bits per heavy atom. The number of carbonyl (C=O) groups is 3. The maximum absolute atomic E-state index is 13.4. The minimum Gasteiger partial charge on any atom is -0.466 e. The molecule has 220 valence electrons. The standard InChI is InChI=1S/C31H45N3O6/c1-9-38-27(35)19-26-24(23-14-10-11-15-25(23)34(26)29(37)40-31(6,7)8)16-18-33-17-12-13-22(20-33)21(2)32-28(36)39-30(3,4)5/h10-11,13-15,21H,9,12,16-20H2,1-8H3,(H,32,36)/t21-/m1/s1. The van der Waals surface area contributed by atoms with Crippen LogP contribution in [0.15, 0.2) is 35.9 Å². The van der Waals surface area contributed by atoms with Gasteiger partial charge in [-0.25, -0.2) is 14.2 Å². The Morgan fingerprint density at radius 2 is 1.70 bits per heavy atom. The van der Waals surface area contributed by atoms with Gasteiger partial charge in [-0.1, -0.05) is 24.3 Å². The topological polar surface area (TPSA) is 99.1 Å². The van der Waals surface area contributed by atoms with Gasteiger partial charge >= 0.3 is 18.2 Å². The number of esters is 1. The number of fused-ring (bicyclic) bond motifs is 1. The van der Waals surface area contributed by atoms with Crippen molar-refractivity contribution in [3.05, 3.63) is 47.2 Å². The van der Waals surface area contributed by atoms with E-state index in [0.29, 0.717) is 30.7 Å². The second-order valence-corrected chi connectivity index (χ2v) is 12.2. The van der Waals surface area contributed by atoms with Gasteiger partial charge in [-0.05, 0) is 85.4 Å². The molecule has 1 aliphatic heterocycles. The third-order valence-corrected chi connectivity index (χ3v) is 6.51. The molecule has 0 fully saturated rings. The number of alkyl carbamates (subject to hydrolysis) is 1. The van der Waals surface area contributed by atoms with Crippen LogP contribution in [0.1, 0.15) is 73.1 Å². The van der Waals surface area contributed by atoms with Gasteiger partial charge in [0.2, 0.25) is 0 Å². The van der Waals surface area contributed by atoms with E-state index in [1.165, 1.54) is 4.57 Å². The molecule has 9 nitrogen and oxygen atoms in total. The number of rotatable bonds is 8. The first-order chi connectivity index (χ1) is 18.7. The number of nitrogens with one attached hydrogen (secondary N) is 1. The second-order valence-electron chi connectivity index (χ2n) is 12.2. The normalized spacial score (nSPS) is 15.3. The van der Waals surface area contributed by atoms with Gasteiger partial charge in [-0.3, -0.25) is 9.69 Å². The molecular weight excluding hydrogens is 510 g/mol. The summed E-state index contributed by atoms with van der Waals surface area (Å²) in [5, 5.41) is 3.86. The molecule has 1 aliphatic rings. The second kappa shape index (κ2) is 12.9. The number of amides is 1. The van der Waals surface area contributed by atoms with Gasteiger partial charge in [0.05, 0.1) is 24.6 Å². The third kappa shape index (κ3) is 8.58. The van der Waals surface area contributed by atoms with Gasteiger partial charge in [-0.2, -0.15) is 0 Å². The average Bonchev–Trinajstić information content (AvgIpc) is 3.13. The summed E-state index contributed by atoms with van der Waals surface area (Å²) in [5.41, 5.74) is 2.12. The van der Waals surface area contributed by atoms with Gasteiger partial charge in [0.25, 0.3) is 0 Å². The van der Waals surface area contributed by atoms with Gasteiger partial charge in [0.1, 0.15) is 11.2 Å². The van der Waals surface area contributed by atoms with Crippen molar-refractivity contribution >= 4 is 29.1 Å². The summed E-state index contributed by atoms with van der Waals surface area (Å²) in [4.78, 5) is 40.6. The highest BCUT2D eigenvalue weighted by Crippen LogP contribution is 2.29. The van der Waals surface area contributed by atoms with Crippen LogP contribution in [-0.4, -0.2) is 71.1 Å². The minimum absolute atomic E-state index is 0.0287. The molecule has 0 aliphatic carbocycles. The number of benzene rings is 1. The van der Waals surface area contributed by atoms with Crippen LogP contribution in [0.25, 0.3) is 10.9 Å². The quantitative estimate of drug-likeness (QED) is 0.256. The van der Waals surface area contributed by atoms with E-state index in [-0.39, 0.29) is 25.0 Å². The molecule has 0 unspecified atom stereocenters. The van der Waals surface area contributed by atoms with Crippen molar-refractivity contribution in [3.63, 3.8) is 0 Å². The van der Waals surface area contributed by atoms with Gasteiger partial charge in [0, 0.05) is 30.7 Å². The Hall–Kier alpha value is -3.33. The average molecular weight is 556 g/mol. The first-order valence-corrected chi connectivity index (χ1v) is 14.1. The number of para-hydroxylation sites is 1. The van der Waals surface area contributed by atoms with Crippen LogP contribution < -0.4 is 5.32 Å². The zero-order chi connectivity index (χ0) is 29.7. The molecular formula is C31H45N3O6. The van der Waals surface area contributed by atoms with Crippen molar-refractivity contribution in [2.45, 2.75) is 91.9 Å². The van der Waals surface area contributed by atoms with Crippen LogP contribution in [-0.2, 0) is 31.8 Å². The van der Waals surface area contributed by atoms with Crippen LogP contribution in [0.3, 0.4) is 0 Å². The van der Waals surface area contributed by atoms with Crippen molar-refractivity contribution in [2.24, 2.45) is 0 Å². The third-order valence-electron chi connectivity index (χ3n) is 6.51. The van der Waals surface area contributed by atoms with Gasteiger partial charge in [-0.15, -0.1) is 0 Å². The van der Waals surface area contributed by atoms with Crippen LogP contribution >= 0.6 is 0 Å². The van der Waals surface area contributed by atoms with E-state index in [1.807, 2.05) is 72.7 Å². The Bertz CT molecular complexity index is 1250. The van der Waals surface area contributed by atoms with E-state index < -0.39 is 23.4 Å². The number of hydrogen-bond donors (Lipinski definition) is 1. The zero-order valence-corrected chi connectivity index (χ0v) is 25.3. The summed E-state index contributed by atoms with van der Waals surface area (Å²) in [6.07, 6.45) is 2.70. The summed E-state index contributed by atoms with van der Waals surface area (Å²) < 4.78 is 17.9. The maximum atomic E-state index is 13.4. The van der Waals surface area contributed by atoms with E-state index in [2.05, 4.69) is 16.3 Å². The molecule has 1 N–H and O–H groups in total. The molecule has 2 aromatic rings. The SMILES string of the molecule is CCOC(=O)Cc1c(CCN2CCC=C([C@@H](C)NC(=O)OC(C)(C)C)C2)c2ccccc2n1C(=O)OC(C)(C)C. The number of nitrogens with zero attached hydrogens (tertiary/aromatic N) is 2. The van der Waals surface area contributed by atoms with Crippen molar-refractivity contribution < 1.29 is 28.6 Å². The zero-order valence-electron chi connectivity index (χ0n) is 25.3. The molecule has 40 heavy (non-hydrogen) atoms. The highest BCUT2D eigenvalue weighted by atomic mass is 16.6. The fourth-order valence-electron chi connectivity index (χ4n) is 4.88. The molecule has 0 radical (unpaired) electrons. The highest BCUT2D eigenvalue weighted by Gasteiger charge is 2.28. The lowest BCUT2D eigenvalue weighted by atomic mass is 10.0. The summed E-state index contributed by atoms with van der Waals surface area (Å²) >= 11 is 0. The van der Waals surface area contributed by atoms with E-state index in [9.17, 15) is 14.4 Å². The summed E-state index contributed by atoms with van der Waals surface area (Å²) in [5.74, 6) is -0.387. The molecule has 0 saturated carbocycles. The smallest absolute Gasteiger partial charge is 0.419 e. The lowest BCUT2D eigenvalue weighted by Gasteiger charge is -2.31. The van der Waals surface area contributed by atoms with Crippen molar-refractivity contribution in [3.8, 4) is 0 Å². The molecule has 1 amide bonds. The highest BCUT2D eigenvalue weighted by molar-refractivity contribution is 5.95. The molecule has 1 atom stereocenters. The van der Waals surface area contributed by atoms with Gasteiger partial charge < -0.3 is 19.5 Å². The lowest BCUT2D eigenvalue weighted by Crippen LogP contribution is -2.42. The fourth-order valence-corrected chi connectivity index (χ4v) is 4.88. The largest absolute Gasteiger partial charge is 0.466 e. The van der Waals surface area contributed by atoms with Crippen LogP contribution in [0.4, 0.5) is 9.59 Å². The molecule has 3 rings (SSSR count). The Labute approximate surface area is 237 Å². The monoisotopic (exact) mass is 555 g/mol. The van der Waals surface area contributed by atoms with E-state index in [0.717, 1.165) is 29.5 Å².